The van der Waals surface area contributed by atoms with Gasteiger partial charge in [-0.1, -0.05) is 29.3 Å². The Morgan fingerprint density at radius 3 is 2.39 bits per heavy atom. The van der Waals surface area contributed by atoms with E-state index in [4.69, 9.17) is 27.9 Å². The molecule has 1 fully saturated rings. The number of nitrogens with zero attached hydrogens (tertiary/aromatic N) is 3. The molecule has 1 aliphatic heterocycles. The van der Waals surface area contributed by atoms with Crippen LogP contribution in [0.2, 0.25) is 10.0 Å². The molecule has 2 aromatic carbocycles. The van der Waals surface area contributed by atoms with Crippen LogP contribution in [0.3, 0.4) is 0 Å². The van der Waals surface area contributed by atoms with Crippen molar-refractivity contribution >= 4 is 35.2 Å². The number of hydrogen-bond donors (Lipinski definition) is 1. The quantitative estimate of drug-likeness (QED) is 0.449. The van der Waals surface area contributed by atoms with E-state index in [0.717, 1.165) is 16.9 Å². The molecule has 3 aromatic rings. The molecule has 0 bridgehead atoms. The van der Waals surface area contributed by atoms with E-state index in [1.165, 1.54) is 0 Å². The van der Waals surface area contributed by atoms with E-state index >= 15 is 0 Å². The van der Waals surface area contributed by atoms with E-state index in [2.05, 4.69) is 10.4 Å². The van der Waals surface area contributed by atoms with E-state index in [0.29, 0.717) is 35.1 Å². The number of halogens is 2. The van der Waals surface area contributed by atoms with Crippen LogP contribution in [0.25, 0.3) is 5.69 Å². The summed E-state index contributed by atoms with van der Waals surface area (Å²) >= 11 is 12.4. The molecule has 1 aromatic heterocycles. The number of piperidine rings is 1. The van der Waals surface area contributed by atoms with E-state index in [1.807, 2.05) is 58.2 Å². The predicted molar refractivity (Wildman–Crippen MR) is 141 cm³/mol. The summed E-state index contributed by atoms with van der Waals surface area (Å²) in [6, 6.07) is 14.4. The van der Waals surface area contributed by atoms with E-state index in [-0.39, 0.29) is 24.0 Å². The van der Waals surface area contributed by atoms with Crippen molar-refractivity contribution < 1.29 is 14.3 Å². The maximum absolute atomic E-state index is 13.2. The molecule has 1 N–H and O–H groups in total. The number of likely N-dealkylation sites (tertiary alicyclic amines) is 1. The van der Waals surface area contributed by atoms with Crippen LogP contribution < -0.4 is 5.32 Å². The minimum Gasteiger partial charge on any atom is -0.444 e. The number of aromatic nitrogens is 2. The summed E-state index contributed by atoms with van der Waals surface area (Å²) in [6.45, 7) is 8.30. The first kappa shape index (κ1) is 26.0. The second-order valence-electron chi connectivity index (χ2n) is 10.0. The molecule has 0 saturated carbocycles. The number of rotatable bonds is 4. The molecule has 36 heavy (non-hydrogen) atoms. The summed E-state index contributed by atoms with van der Waals surface area (Å²) in [7, 11) is 0. The number of carbonyl (C=O) groups is 2. The Hall–Kier alpha value is -3.03. The van der Waals surface area contributed by atoms with Crippen molar-refractivity contribution in [1.82, 2.24) is 20.0 Å². The lowest BCUT2D eigenvalue weighted by atomic mass is 9.86. The average Bonchev–Trinajstić information content (AvgIpc) is 3.26. The first-order valence-corrected chi connectivity index (χ1v) is 12.6. The van der Waals surface area contributed by atoms with Gasteiger partial charge < -0.3 is 15.0 Å². The van der Waals surface area contributed by atoms with Crippen molar-refractivity contribution in [2.24, 2.45) is 0 Å². The second-order valence-corrected chi connectivity index (χ2v) is 10.8. The van der Waals surface area contributed by atoms with Gasteiger partial charge in [0.1, 0.15) is 5.60 Å². The van der Waals surface area contributed by atoms with Gasteiger partial charge in [0.25, 0.3) is 5.91 Å². The zero-order chi connectivity index (χ0) is 26.0. The third kappa shape index (κ3) is 6.20. The molecule has 0 spiro atoms. The van der Waals surface area contributed by atoms with Gasteiger partial charge in [0, 0.05) is 36.8 Å². The molecule has 2 atom stereocenters. The largest absolute Gasteiger partial charge is 0.444 e. The molecule has 0 radical (unpaired) electrons. The van der Waals surface area contributed by atoms with Crippen molar-refractivity contribution in [2.45, 2.75) is 51.7 Å². The molecule has 0 aliphatic carbocycles. The lowest BCUT2D eigenvalue weighted by Crippen LogP contribution is -2.52. The second kappa shape index (κ2) is 10.5. The molecule has 4 rings (SSSR count). The third-order valence-electron chi connectivity index (χ3n) is 6.07. The highest BCUT2D eigenvalue weighted by atomic mass is 35.5. The van der Waals surface area contributed by atoms with Gasteiger partial charge in [-0.05, 0) is 82.1 Å². The van der Waals surface area contributed by atoms with Gasteiger partial charge in [-0.2, -0.15) is 5.10 Å². The Bertz CT molecular complexity index is 1250. The van der Waals surface area contributed by atoms with Gasteiger partial charge in [-0.15, -0.1) is 0 Å². The lowest BCUT2D eigenvalue weighted by molar-refractivity contribution is 0.0177. The first-order valence-electron chi connectivity index (χ1n) is 11.9. The molecule has 1 aliphatic rings. The van der Waals surface area contributed by atoms with Gasteiger partial charge in [0.05, 0.1) is 21.4 Å². The Labute approximate surface area is 221 Å². The molecule has 1 saturated heterocycles. The SMILES string of the molecule is Cc1ccn(-c2ccc(C(=O)N[C@@H]3CCN(C(=O)OC(C)(C)C)C[C@H]3c3ccc(Cl)c(Cl)c3)cc2)n1. The Kier molecular flexibility index (Phi) is 7.62. The highest BCUT2D eigenvalue weighted by Gasteiger charge is 2.35. The maximum Gasteiger partial charge on any atom is 0.410 e. The highest BCUT2D eigenvalue weighted by Crippen LogP contribution is 2.32. The molecule has 190 valence electrons. The highest BCUT2D eigenvalue weighted by molar-refractivity contribution is 6.42. The fourth-order valence-corrected chi connectivity index (χ4v) is 4.58. The van der Waals surface area contributed by atoms with Crippen molar-refractivity contribution in [3.8, 4) is 5.69 Å². The monoisotopic (exact) mass is 528 g/mol. The summed E-state index contributed by atoms with van der Waals surface area (Å²) in [5.41, 5.74) is 2.64. The van der Waals surface area contributed by atoms with Crippen LogP contribution in [-0.2, 0) is 4.74 Å². The smallest absolute Gasteiger partial charge is 0.410 e. The minimum absolute atomic E-state index is 0.182. The molecule has 2 amide bonds. The number of benzene rings is 2. The fraction of sp³-hybridized carbons (Fsp3) is 0.370. The summed E-state index contributed by atoms with van der Waals surface area (Å²) in [5, 5.41) is 8.46. The minimum atomic E-state index is -0.595. The Morgan fingerprint density at radius 2 is 1.78 bits per heavy atom. The van der Waals surface area contributed by atoms with Crippen LogP contribution in [0, 0.1) is 6.92 Å². The Balaban J connectivity index is 1.53. The van der Waals surface area contributed by atoms with Crippen molar-refractivity contribution in [2.75, 3.05) is 13.1 Å². The van der Waals surface area contributed by atoms with Crippen LogP contribution in [0.4, 0.5) is 4.79 Å². The van der Waals surface area contributed by atoms with Crippen LogP contribution >= 0.6 is 23.2 Å². The number of aryl methyl sites for hydroxylation is 1. The zero-order valence-corrected chi connectivity index (χ0v) is 22.3. The predicted octanol–water partition coefficient (Wildman–Crippen LogP) is 6.01. The van der Waals surface area contributed by atoms with Crippen molar-refractivity contribution in [3.63, 3.8) is 0 Å². The molecule has 2 heterocycles. The van der Waals surface area contributed by atoms with E-state index < -0.39 is 5.60 Å². The first-order chi connectivity index (χ1) is 17.0. The number of nitrogens with one attached hydrogen (secondary N) is 1. The van der Waals surface area contributed by atoms with Crippen LogP contribution in [-0.4, -0.2) is 51.4 Å². The summed E-state index contributed by atoms with van der Waals surface area (Å²) < 4.78 is 7.35. The Morgan fingerprint density at radius 1 is 1.06 bits per heavy atom. The lowest BCUT2D eigenvalue weighted by Gasteiger charge is -2.39. The summed E-state index contributed by atoms with van der Waals surface area (Å²) in [4.78, 5) is 27.6. The van der Waals surface area contributed by atoms with Crippen LogP contribution in [0.5, 0.6) is 0 Å². The average molecular weight is 529 g/mol. The molecule has 9 heteroatoms. The summed E-state index contributed by atoms with van der Waals surface area (Å²) in [6.07, 6.45) is 2.08. The zero-order valence-electron chi connectivity index (χ0n) is 20.8. The molecule has 7 nitrogen and oxygen atoms in total. The van der Waals surface area contributed by atoms with Gasteiger partial charge >= 0.3 is 6.09 Å². The van der Waals surface area contributed by atoms with Crippen molar-refractivity contribution in [1.29, 1.82) is 0 Å². The standard InChI is InChI=1S/C27H30Cl2N4O3/c1-17-11-14-33(31-17)20-8-5-18(6-9-20)25(34)30-24-12-13-32(26(35)36-27(2,3)4)16-21(24)19-7-10-22(28)23(29)15-19/h5-11,14-15,21,24H,12-13,16H2,1-4H3,(H,30,34)/t21-,24+/m0/s1. The number of carbonyl (C=O) groups excluding carboxylic acids is 2. The number of ether oxygens (including phenoxy) is 1. The van der Waals surface area contributed by atoms with E-state index in [1.54, 1.807) is 33.8 Å². The molecular formula is C27H30Cl2N4O3. The van der Waals surface area contributed by atoms with Crippen LogP contribution in [0.15, 0.2) is 54.7 Å². The molecular weight excluding hydrogens is 499 g/mol. The van der Waals surface area contributed by atoms with Gasteiger partial charge in [-0.3, -0.25) is 4.79 Å². The van der Waals surface area contributed by atoms with Gasteiger partial charge in [0.15, 0.2) is 0 Å². The fourth-order valence-electron chi connectivity index (χ4n) is 4.27. The van der Waals surface area contributed by atoms with Gasteiger partial charge in [-0.25, -0.2) is 9.48 Å². The van der Waals surface area contributed by atoms with Gasteiger partial charge in [0.2, 0.25) is 0 Å². The number of amides is 2. The third-order valence-corrected chi connectivity index (χ3v) is 6.81. The maximum atomic E-state index is 13.2. The normalized spacial score (nSPS) is 18.1. The topological polar surface area (TPSA) is 76.5 Å². The van der Waals surface area contributed by atoms with E-state index in [9.17, 15) is 9.59 Å². The van der Waals surface area contributed by atoms with Crippen LogP contribution in [0.1, 0.15) is 54.7 Å². The van der Waals surface area contributed by atoms with Crippen molar-refractivity contribution in [3.05, 3.63) is 81.6 Å². The molecule has 0 unspecified atom stereocenters. The number of hydrogen-bond acceptors (Lipinski definition) is 4. The summed E-state index contributed by atoms with van der Waals surface area (Å²) in [5.74, 6) is -0.365.